The lowest BCUT2D eigenvalue weighted by Crippen LogP contribution is -1.90. The molecule has 0 fully saturated rings. The topological polar surface area (TPSA) is 0 Å². The molecule has 12 aromatic carbocycles. The lowest BCUT2D eigenvalue weighted by atomic mass is 9.85. The minimum atomic E-state index is 1.22. The van der Waals surface area contributed by atoms with Crippen LogP contribution in [-0.4, -0.2) is 0 Å². The Balaban J connectivity index is 1.09. The fraction of sp³-hybridized carbons (Fsp3) is 0. The molecule has 58 heavy (non-hydrogen) atoms. The van der Waals surface area contributed by atoms with Crippen molar-refractivity contribution in [1.82, 2.24) is 0 Å². The summed E-state index contributed by atoms with van der Waals surface area (Å²) in [5, 5.41) is 17.9. The van der Waals surface area contributed by atoms with Crippen LogP contribution in [0.4, 0.5) is 0 Å². The number of hydrogen-bond acceptors (Lipinski definition) is 0. The van der Waals surface area contributed by atoms with Gasteiger partial charge in [-0.15, -0.1) is 0 Å². The van der Waals surface area contributed by atoms with E-state index in [1.165, 1.54) is 120 Å². The molecular formula is C58H36. The van der Waals surface area contributed by atoms with Crippen molar-refractivity contribution in [3.05, 3.63) is 218 Å². The quantitative estimate of drug-likeness (QED) is 0.158. The smallest absolute Gasteiger partial charge is 0.00137 e. The van der Waals surface area contributed by atoms with E-state index in [9.17, 15) is 0 Å². The second-order valence-electron chi connectivity index (χ2n) is 15.6. The number of rotatable bonds is 4. The summed E-state index contributed by atoms with van der Waals surface area (Å²) in [6.45, 7) is 0. The van der Waals surface area contributed by atoms with E-state index < -0.39 is 0 Å². The SMILES string of the molecule is c1cc(-c2ccc3ccccc3c2)cc(-c2ccc3c4ccc(-c5cccc(-c6ccc7ccccc7c6)c5)cc4c4c5ccccc5c5ccccc5c4c3c2)c1. The molecule has 12 rings (SSSR count). The number of fused-ring (bicyclic) bond motifs is 13. The highest BCUT2D eigenvalue weighted by atomic mass is 14.2. The molecule has 0 aliphatic heterocycles. The van der Waals surface area contributed by atoms with Crippen LogP contribution in [0.1, 0.15) is 0 Å². The van der Waals surface area contributed by atoms with Crippen LogP contribution >= 0.6 is 0 Å². The maximum absolute atomic E-state index is 2.44. The van der Waals surface area contributed by atoms with E-state index in [-0.39, 0.29) is 0 Å². The van der Waals surface area contributed by atoms with Crippen molar-refractivity contribution >= 4 is 75.4 Å². The van der Waals surface area contributed by atoms with Gasteiger partial charge in [0.05, 0.1) is 0 Å². The molecule has 0 saturated carbocycles. The van der Waals surface area contributed by atoms with E-state index in [0.717, 1.165) is 0 Å². The minimum absolute atomic E-state index is 1.22. The molecule has 0 aliphatic rings. The highest BCUT2D eigenvalue weighted by Gasteiger charge is 2.18. The molecule has 0 heteroatoms. The number of benzene rings is 12. The lowest BCUT2D eigenvalue weighted by molar-refractivity contribution is 1.61. The highest BCUT2D eigenvalue weighted by molar-refractivity contribution is 6.39. The molecule has 0 aromatic heterocycles. The van der Waals surface area contributed by atoms with Crippen molar-refractivity contribution in [3.63, 3.8) is 0 Å². The van der Waals surface area contributed by atoms with Gasteiger partial charge < -0.3 is 0 Å². The van der Waals surface area contributed by atoms with Gasteiger partial charge in [-0.05, 0) is 156 Å². The van der Waals surface area contributed by atoms with Crippen LogP contribution < -0.4 is 0 Å². The van der Waals surface area contributed by atoms with Gasteiger partial charge in [0.15, 0.2) is 0 Å². The van der Waals surface area contributed by atoms with E-state index >= 15 is 0 Å². The fourth-order valence-electron chi connectivity index (χ4n) is 9.53. The largest absolute Gasteiger partial charge is 0.0616 e. The maximum atomic E-state index is 2.44. The van der Waals surface area contributed by atoms with E-state index in [2.05, 4.69) is 218 Å². The average Bonchev–Trinajstić information content (AvgIpc) is 3.30. The zero-order valence-electron chi connectivity index (χ0n) is 31.8. The monoisotopic (exact) mass is 732 g/mol. The van der Waals surface area contributed by atoms with Crippen molar-refractivity contribution in [1.29, 1.82) is 0 Å². The summed E-state index contributed by atoms with van der Waals surface area (Å²) in [7, 11) is 0. The molecule has 0 amide bonds. The molecule has 0 N–H and O–H groups in total. The first kappa shape index (κ1) is 32.7. The van der Waals surface area contributed by atoms with Gasteiger partial charge >= 0.3 is 0 Å². The van der Waals surface area contributed by atoms with Crippen LogP contribution in [0.2, 0.25) is 0 Å². The van der Waals surface area contributed by atoms with Crippen LogP contribution in [0, 0.1) is 0 Å². The predicted octanol–water partition coefficient (Wildman–Crippen LogP) is 16.4. The molecule has 0 atom stereocenters. The van der Waals surface area contributed by atoms with E-state index in [0.29, 0.717) is 0 Å². The van der Waals surface area contributed by atoms with Crippen molar-refractivity contribution in [2.75, 3.05) is 0 Å². The normalized spacial score (nSPS) is 11.8. The molecule has 0 aliphatic carbocycles. The molecule has 0 bridgehead atoms. The Hall–Kier alpha value is -7.54. The van der Waals surface area contributed by atoms with Gasteiger partial charge in [-0.2, -0.15) is 0 Å². The second-order valence-corrected chi connectivity index (χ2v) is 15.6. The first-order chi connectivity index (χ1) is 28.7. The van der Waals surface area contributed by atoms with Crippen LogP contribution in [0.5, 0.6) is 0 Å². The van der Waals surface area contributed by atoms with Crippen molar-refractivity contribution in [2.45, 2.75) is 0 Å². The summed E-state index contributed by atoms with van der Waals surface area (Å²) >= 11 is 0. The van der Waals surface area contributed by atoms with Crippen molar-refractivity contribution < 1.29 is 0 Å². The third-order valence-electron chi connectivity index (χ3n) is 12.4. The lowest BCUT2D eigenvalue weighted by Gasteiger charge is -2.18. The molecule has 0 unspecified atom stereocenters. The summed E-state index contributed by atoms with van der Waals surface area (Å²) in [5.41, 5.74) is 9.77. The molecule has 0 radical (unpaired) electrons. The zero-order valence-corrected chi connectivity index (χ0v) is 31.8. The van der Waals surface area contributed by atoms with Crippen LogP contribution in [0.15, 0.2) is 218 Å². The predicted molar refractivity (Wildman–Crippen MR) is 251 cm³/mol. The van der Waals surface area contributed by atoms with E-state index in [4.69, 9.17) is 0 Å². The fourth-order valence-corrected chi connectivity index (χ4v) is 9.53. The Kier molecular flexibility index (Phi) is 7.33. The third-order valence-corrected chi connectivity index (χ3v) is 12.4. The summed E-state index contributed by atoms with van der Waals surface area (Å²) in [6.07, 6.45) is 0. The average molecular weight is 733 g/mol. The van der Waals surface area contributed by atoms with Crippen LogP contribution in [0.25, 0.3) is 120 Å². The molecule has 0 nitrogen and oxygen atoms in total. The van der Waals surface area contributed by atoms with Gasteiger partial charge in [0.1, 0.15) is 0 Å². The van der Waals surface area contributed by atoms with Gasteiger partial charge in [-0.25, -0.2) is 0 Å². The Labute approximate surface area is 336 Å². The highest BCUT2D eigenvalue weighted by Crippen LogP contribution is 2.46. The van der Waals surface area contributed by atoms with Gasteiger partial charge in [-0.1, -0.05) is 182 Å². The Morgan fingerprint density at radius 3 is 0.897 bits per heavy atom. The Morgan fingerprint density at radius 2 is 0.466 bits per heavy atom. The van der Waals surface area contributed by atoms with Crippen molar-refractivity contribution in [2.24, 2.45) is 0 Å². The van der Waals surface area contributed by atoms with Crippen LogP contribution in [0.3, 0.4) is 0 Å². The van der Waals surface area contributed by atoms with E-state index in [1.54, 1.807) is 0 Å². The molecule has 268 valence electrons. The third kappa shape index (κ3) is 5.23. The minimum Gasteiger partial charge on any atom is -0.0616 e. The zero-order chi connectivity index (χ0) is 38.2. The molecule has 12 aromatic rings. The summed E-state index contributed by atoms with van der Waals surface area (Å²) in [5.74, 6) is 0. The van der Waals surface area contributed by atoms with Gasteiger partial charge in [0.2, 0.25) is 0 Å². The summed E-state index contributed by atoms with van der Waals surface area (Å²) < 4.78 is 0. The molecule has 0 heterocycles. The summed E-state index contributed by atoms with van der Waals surface area (Å²) in [4.78, 5) is 0. The Morgan fingerprint density at radius 1 is 0.155 bits per heavy atom. The molecule has 0 spiro atoms. The first-order valence-corrected chi connectivity index (χ1v) is 20.2. The van der Waals surface area contributed by atoms with Gasteiger partial charge in [0.25, 0.3) is 0 Å². The van der Waals surface area contributed by atoms with Gasteiger partial charge in [-0.3, -0.25) is 0 Å². The maximum Gasteiger partial charge on any atom is -0.00137 e. The summed E-state index contributed by atoms with van der Waals surface area (Å²) in [6, 6.07) is 81.0. The first-order valence-electron chi connectivity index (χ1n) is 20.2. The number of hydrogen-bond donors (Lipinski definition) is 0. The molecular weight excluding hydrogens is 697 g/mol. The van der Waals surface area contributed by atoms with Gasteiger partial charge in [0, 0.05) is 0 Å². The second kappa shape index (κ2) is 13.0. The Bertz CT molecular complexity index is 3380. The van der Waals surface area contributed by atoms with Crippen LogP contribution in [-0.2, 0) is 0 Å². The molecule has 0 saturated heterocycles. The van der Waals surface area contributed by atoms with E-state index in [1.807, 2.05) is 0 Å². The van der Waals surface area contributed by atoms with Crippen molar-refractivity contribution in [3.8, 4) is 44.5 Å². The standard InChI is InChI=1S/C58H36/c1-3-13-39-31-45(25-23-37(39)11-1)41-15-9-17-43(33-41)47-27-29-51-52-30-28-48(44-18-10-16-42(34-44)46-26-24-38-12-2-4-14-40(38)32-46)36-56(52)58-54-22-8-6-20-50(54)49-19-5-7-21-53(49)57(58)55(51)35-47/h1-36H.